The topological polar surface area (TPSA) is 67.9 Å². The number of hydrogen-bond donors (Lipinski definition) is 1. The van der Waals surface area contributed by atoms with Crippen LogP contribution in [-0.2, 0) is 16.0 Å². The Kier molecular flexibility index (Phi) is 9.16. The highest BCUT2D eigenvalue weighted by atomic mass is 16.5. The molecule has 2 aromatic carbocycles. The van der Waals surface area contributed by atoms with Crippen LogP contribution in [0, 0.1) is 5.92 Å². The number of hydrogen-bond acceptors (Lipinski definition) is 4. The van der Waals surface area contributed by atoms with E-state index >= 15 is 0 Å². The lowest BCUT2D eigenvalue weighted by Gasteiger charge is -2.32. The van der Waals surface area contributed by atoms with E-state index in [2.05, 4.69) is 12.2 Å². The van der Waals surface area contributed by atoms with E-state index in [0.29, 0.717) is 50.5 Å². The van der Waals surface area contributed by atoms with E-state index in [1.807, 2.05) is 60.4 Å². The molecule has 1 fully saturated rings. The summed E-state index contributed by atoms with van der Waals surface area (Å²) in [5.74, 6) is 1.53. The maximum Gasteiger partial charge on any atom is 0.223 e. The molecule has 178 valence electrons. The van der Waals surface area contributed by atoms with Crippen molar-refractivity contribution in [3.63, 3.8) is 0 Å². The lowest BCUT2D eigenvalue weighted by Crippen LogP contribution is -2.43. The van der Waals surface area contributed by atoms with E-state index < -0.39 is 0 Å². The second-order valence-electron chi connectivity index (χ2n) is 8.63. The zero-order valence-electron chi connectivity index (χ0n) is 20.0. The number of ether oxygens (including phenoxy) is 2. The second-order valence-corrected chi connectivity index (χ2v) is 8.63. The SMILES string of the molecule is CCCOc1ccc(C(C)NC(=O)C2CCN(C(=O)CCc3ccccc3)CC2)cc1OC. The molecule has 1 N–H and O–H groups in total. The summed E-state index contributed by atoms with van der Waals surface area (Å²) in [6.45, 7) is 5.94. The minimum absolute atomic E-state index is 0.0455. The summed E-state index contributed by atoms with van der Waals surface area (Å²) in [4.78, 5) is 27.3. The Hall–Kier alpha value is -3.02. The predicted octanol–water partition coefficient (Wildman–Crippen LogP) is 4.53. The van der Waals surface area contributed by atoms with Crippen LogP contribution in [0.5, 0.6) is 11.5 Å². The van der Waals surface area contributed by atoms with E-state index in [9.17, 15) is 9.59 Å². The molecule has 33 heavy (non-hydrogen) atoms. The molecule has 0 spiro atoms. The van der Waals surface area contributed by atoms with Crippen molar-refractivity contribution in [1.29, 1.82) is 0 Å². The van der Waals surface area contributed by atoms with Crippen molar-refractivity contribution in [2.75, 3.05) is 26.8 Å². The van der Waals surface area contributed by atoms with Crippen LogP contribution in [0.15, 0.2) is 48.5 Å². The summed E-state index contributed by atoms with van der Waals surface area (Å²) in [5, 5.41) is 3.13. The van der Waals surface area contributed by atoms with E-state index in [1.54, 1.807) is 7.11 Å². The number of nitrogens with zero attached hydrogens (tertiary/aromatic N) is 1. The molecule has 3 rings (SSSR count). The van der Waals surface area contributed by atoms with E-state index in [-0.39, 0.29) is 23.8 Å². The first kappa shape index (κ1) is 24.6. The normalized spacial score (nSPS) is 15.1. The highest BCUT2D eigenvalue weighted by Gasteiger charge is 2.28. The van der Waals surface area contributed by atoms with Gasteiger partial charge in [0.15, 0.2) is 11.5 Å². The van der Waals surface area contributed by atoms with Crippen LogP contribution < -0.4 is 14.8 Å². The first-order valence-electron chi connectivity index (χ1n) is 11.9. The first-order valence-corrected chi connectivity index (χ1v) is 11.9. The monoisotopic (exact) mass is 452 g/mol. The average Bonchev–Trinajstić information content (AvgIpc) is 2.86. The molecule has 0 aliphatic carbocycles. The number of carbonyl (C=O) groups is 2. The Bertz CT molecular complexity index is 908. The number of amides is 2. The largest absolute Gasteiger partial charge is 0.493 e. The van der Waals surface area contributed by atoms with Gasteiger partial charge in [0.25, 0.3) is 0 Å². The Morgan fingerprint density at radius 3 is 2.48 bits per heavy atom. The predicted molar refractivity (Wildman–Crippen MR) is 129 cm³/mol. The number of benzene rings is 2. The van der Waals surface area contributed by atoms with Gasteiger partial charge in [0, 0.05) is 25.4 Å². The minimum atomic E-state index is -0.142. The molecule has 1 aliphatic heterocycles. The fourth-order valence-electron chi connectivity index (χ4n) is 4.14. The Morgan fingerprint density at radius 1 is 1.09 bits per heavy atom. The van der Waals surface area contributed by atoms with Crippen molar-refractivity contribution >= 4 is 11.8 Å². The van der Waals surface area contributed by atoms with Gasteiger partial charge in [-0.15, -0.1) is 0 Å². The fourth-order valence-corrected chi connectivity index (χ4v) is 4.14. The summed E-state index contributed by atoms with van der Waals surface area (Å²) in [6, 6.07) is 15.7. The highest BCUT2D eigenvalue weighted by molar-refractivity contribution is 5.80. The minimum Gasteiger partial charge on any atom is -0.493 e. The number of methoxy groups -OCH3 is 1. The molecule has 0 aromatic heterocycles. The average molecular weight is 453 g/mol. The third-order valence-corrected chi connectivity index (χ3v) is 6.20. The van der Waals surface area contributed by atoms with Gasteiger partial charge in [0.2, 0.25) is 11.8 Å². The lowest BCUT2D eigenvalue weighted by molar-refractivity contribution is -0.135. The van der Waals surface area contributed by atoms with Crippen LogP contribution in [0.2, 0.25) is 0 Å². The van der Waals surface area contributed by atoms with Crippen LogP contribution in [0.25, 0.3) is 0 Å². The second kappa shape index (κ2) is 12.3. The van der Waals surface area contributed by atoms with Gasteiger partial charge >= 0.3 is 0 Å². The van der Waals surface area contributed by atoms with Crippen LogP contribution in [0.4, 0.5) is 0 Å². The molecule has 1 aliphatic rings. The van der Waals surface area contributed by atoms with Crippen LogP contribution >= 0.6 is 0 Å². The van der Waals surface area contributed by atoms with Crippen molar-refractivity contribution in [1.82, 2.24) is 10.2 Å². The zero-order valence-corrected chi connectivity index (χ0v) is 20.0. The third-order valence-electron chi connectivity index (χ3n) is 6.20. The van der Waals surface area contributed by atoms with Gasteiger partial charge in [0.1, 0.15) is 0 Å². The summed E-state index contributed by atoms with van der Waals surface area (Å²) >= 11 is 0. The lowest BCUT2D eigenvalue weighted by atomic mass is 9.94. The zero-order chi connectivity index (χ0) is 23.6. The number of rotatable bonds is 10. The third kappa shape index (κ3) is 6.98. The van der Waals surface area contributed by atoms with Crippen molar-refractivity contribution in [3.05, 3.63) is 59.7 Å². The molecule has 0 saturated carbocycles. The first-order chi connectivity index (χ1) is 16.0. The van der Waals surface area contributed by atoms with Crippen molar-refractivity contribution in [2.45, 2.75) is 52.0 Å². The van der Waals surface area contributed by atoms with Gasteiger partial charge in [-0.05, 0) is 55.9 Å². The van der Waals surface area contributed by atoms with Gasteiger partial charge in [-0.1, -0.05) is 43.3 Å². The maximum absolute atomic E-state index is 12.9. The summed E-state index contributed by atoms with van der Waals surface area (Å²) in [7, 11) is 1.62. The molecular weight excluding hydrogens is 416 g/mol. The number of nitrogens with one attached hydrogen (secondary N) is 1. The number of carbonyl (C=O) groups excluding carboxylic acids is 2. The Labute approximate surface area is 197 Å². The molecule has 1 atom stereocenters. The molecule has 1 heterocycles. The smallest absolute Gasteiger partial charge is 0.223 e. The molecule has 2 amide bonds. The maximum atomic E-state index is 12.9. The Balaban J connectivity index is 1.47. The standard InChI is InChI=1S/C27H36N2O4/c1-4-18-33-24-12-11-23(19-25(24)32-3)20(2)28-27(31)22-14-16-29(17-15-22)26(30)13-10-21-8-6-5-7-9-21/h5-9,11-12,19-20,22H,4,10,13-18H2,1-3H3,(H,28,31). The molecule has 0 bridgehead atoms. The van der Waals surface area contributed by atoms with Crippen molar-refractivity contribution in [3.8, 4) is 11.5 Å². The molecular formula is C27H36N2O4. The Morgan fingerprint density at radius 2 is 1.82 bits per heavy atom. The fraction of sp³-hybridized carbons (Fsp3) is 0.481. The molecule has 0 radical (unpaired) electrons. The molecule has 6 nitrogen and oxygen atoms in total. The van der Waals surface area contributed by atoms with Crippen molar-refractivity contribution in [2.24, 2.45) is 5.92 Å². The summed E-state index contributed by atoms with van der Waals surface area (Å²) < 4.78 is 11.2. The van der Waals surface area contributed by atoms with Gasteiger partial charge in [-0.2, -0.15) is 0 Å². The summed E-state index contributed by atoms with van der Waals surface area (Å²) in [5.41, 5.74) is 2.15. The van der Waals surface area contributed by atoms with E-state index in [1.165, 1.54) is 5.56 Å². The van der Waals surface area contributed by atoms with Gasteiger partial charge in [-0.3, -0.25) is 9.59 Å². The van der Waals surface area contributed by atoms with Gasteiger partial charge in [0.05, 0.1) is 19.8 Å². The van der Waals surface area contributed by atoms with Crippen LogP contribution in [0.3, 0.4) is 0 Å². The van der Waals surface area contributed by atoms with Gasteiger partial charge in [-0.25, -0.2) is 0 Å². The number of aryl methyl sites for hydroxylation is 1. The van der Waals surface area contributed by atoms with E-state index in [4.69, 9.17) is 9.47 Å². The quantitative estimate of drug-likeness (QED) is 0.575. The van der Waals surface area contributed by atoms with Crippen molar-refractivity contribution < 1.29 is 19.1 Å². The molecule has 2 aromatic rings. The number of piperidine rings is 1. The number of likely N-dealkylation sites (tertiary alicyclic amines) is 1. The molecule has 6 heteroatoms. The van der Waals surface area contributed by atoms with Crippen LogP contribution in [-0.4, -0.2) is 43.5 Å². The van der Waals surface area contributed by atoms with Gasteiger partial charge < -0.3 is 19.7 Å². The highest BCUT2D eigenvalue weighted by Crippen LogP contribution is 2.31. The molecule has 1 unspecified atom stereocenters. The van der Waals surface area contributed by atoms with Crippen LogP contribution in [0.1, 0.15) is 56.7 Å². The summed E-state index contributed by atoms with van der Waals surface area (Å²) in [6.07, 6.45) is 3.58. The molecule has 1 saturated heterocycles. The van der Waals surface area contributed by atoms with E-state index in [0.717, 1.165) is 18.4 Å².